The molecule has 1 amide bonds. The van der Waals surface area contributed by atoms with Crippen molar-refractivity contribution in [1.82, 2.24) is 0 Å². The summed E-state index contributed by atoms with van der Waals surface area (Å²) in [5.74, 6) is -1.36. The molecule has 0 heterocycles. The maximum atomic E-state index is 12.5. The quantitative estimate of drug-likeness (QED) is 0.654. The van der Waals surface area contributed by atoms with E-state index in [1.54, 1.807) is 6.26 Å². The van der Waals surface area contributed by atoms with Crippen LogP contribution in [0.1, 0.15) is 6.92 Å². The van der Waals surface area contributed by atoms with Gasteiger partial charge in [-0.25, -0.2) is 0 Å². The average molecular weight is 347 g/mol. The van der Waals surface area contributed by atoms with Gasteiger partial charge < -0.3 is 10.1 Å². The molecule has 0 aliphatic heterocycles. The zero-order chi connectivity index (χ0) is 17.1. The van der Waals surface area contributed by atoms with Gasteiger partial charge in [-0.15, -0.1) is 11.8 Å². The summed E-state index contributed by atoms with van der Waals surface area (Å²) in [7, 11) is 0. The van der Waals surface area contributed by atoms with Crippen LogP contribution in [-0.4, -0.2) is 30.6 Å². The van der Waals surface area contributed by atoms with Crippen molar-refractivity contribution in [2.24, 2.45) is 0 Å². The number of nitrogens with one attached hydrogen (secondary N) is 1. The Morgan fingerprint density at radius 3 is 2.14 bits per heavy atom. The highest BCUT2D eigenvalue weighted by molar-refractivity contribution is 7.98. The smallest absolute Gasteiger partial charge is 0.434 e. The first-order valence-electron chi connectivity index (χ1n) is 5.71. The lowest BCUT2D eigenvalue weighted by atomic mass is 10.2. The minimum Gasteiger partial charge on any atom is -0.469 e. The highest BCUT2D eigenvalue weighted by Crippen LogP contribution is 2.39. The summed E-state index contributed by atoms with van der Waals surface area (Å²) in [5.41, 5.74) is -0.274. The number of carbonyl (C=O) groups is 1. The number of amides is 1. The average Bonchev–Trinajstić information content (AvgIpc) is 2.33. The van der Waals surface area contributed by atoms with Gasteiger partial charge in [0.2, 0.25) is 5.91 Å². The maximum absolute atomic E-state index is 12.5. The Morgan fingerprint density at radius 2 is 1.73 bits per heavy atom. The van der Waals surface area contributed by atoms with Crippen molar-refractivity contribution in [3.05, 3.63) is 18.2 Å². The monoisotopic (exact) mass is 347 g/mol. The van der Waals surface area contributed by atoms with Gasteiger partial charge in [-0.3, -0.25) is 4.79 Å². The summed E-state index contributed by atoms with van der Waals surface area (Å²) in [6.07, 6.45) is -13.7. The summed E-state index contributed by atoms with van der Waals surface area (Å²) in [6.45, 7) is 1.07. The van der Waals surface area contributed by atoms with Gasteiger partial charge in [0.05, 0.1) is 5.69 Å². The van der Waals surface area contributed by atoms with Gasteiger partial charge >= 0.3 is 12.4 Å². The number of halogens is 6. The van der Waals surface area contributed by atoms with Crippen LogP contribution >= 0.6 is 11.8 Å². The van der Waals surface area contributed by atoms with Crippen molar-refractivity contribution in [2.75, 3.05) is 11.6 Å². The molecular formula is C12H11F6NO2S. The zero-order valence-electron chi connectivity index (χ0n) is 11.3. The molecule has 1 rings (SSSR count). The fraction of sp³-hybridized carbons (Fsp3) is 0.417. The Morgan fingerprint density at radius 1 is 1.18 bits per heavy atom. The van der Waals surface area contributed by atoms with Crippen LogP contribution in [0.5, 0.6) is 5.75 Å². The Balaban J connectivity index is 3.24. The third-order valence-corrected chi connectivity index (χ3v) is 3.06. The highest BCUT2D eigenvalue weighted by Gasteiger charge is 2.59. The van der Waals surface area contributed by atoms with E-state index in [0.717, 1.165) is 24.8 Å². The van der Waals surface area contributed by atoms with E-state index in [4.69, 9.17) is 0 Å². The maximum Gasteiger partial charge on any atom is 0.434 e. The molecule has 0 saturated heterocycles. The normalized spacial score (nSPS) is 12.4. The fourth-order valence-corrected chi connectivity index (χ4v) is 1.90. The van der Waals surface area contributed by atoms with E-state index in [1.165, 1.54) is 12.1 Å². The van der Waals surface area contributed by atoms with Gasteiger partial charge in [-0.2, -0.15) is 26.3 Å². The third kappa shape index (κ3) is 5.00. The molecule has 0 aliphatic carbocycles. The summed E-state index contributed by atoms with van der Waals surface area (Å²) >= 11 is 1.10. The van der Waals surface area contributed by atoms with E-state index in [0.29, 0.717) is 4.90 Å². The molecule has 3 nitrogen and oxygen atoms in total. The van der Waals surface area contributed by atoms with Crippen molar-refractivity contribution >= 4 is 23.4 Å². The number of hydrogen-bond acceptors (Lipinski definition) is 3. The minimum absolute atomic E-state index is 0.274. The van der Waals surface area contributed by atoms with Gasteiger partial charge in [0.15, 0.2) is 0 Å². The summed E-state index contributed by atoms with van der Waals surface area (Å²) in [6, 6.07) is 3.60. The number of ether oxygens (including phenoxy) is 1. The van der Waals surface area contributed by atoms with Crippen LogP contribution < -0.4 is 10.1 Å². The zero-order valence-corrected chi connectivity index (χ0v) is 12.1. The molecule has 10 heteroatoms. The molecule has 0 aliphatic rings. The largest absolute Gasteiger partial charge is 0.469 e. The number of hydrogen-bond donors (Lipinski definition) is 1. The molecular weight excluding hydrogens is 336 g/mol. The topological polar surface area (TPSA) is 38.3 Å². The first-order valence-corrected chi connectivity index (χ1v) is 6.93. The second-order valence-electron chi connectivity index (χ2n) is 4.12. The van der Waals surface area contributed by atoms with Crippen LogP contribution in [0.15, 0.2) is 23.1 Å². The van der Waals surface area contributed by atoms with Crippen LogP contribution in [-0.2, 0) is 4.79 Å². The minimum atomic E-state index is -5.64. The molecule has 0 spiro atoms. The van der Waals surface area contributed by atoms with Gasteiger partial charge in [0.25, 0.3) is 6.10 Å². The van der Waals surface area contributed by atoms with Crippen LogP contribution in [0, 0.1) is 0 Å². The number of benzene rings is 1. The number of anilines is 1. The van der Waals surface area contributed by atoms with Gasteiger partial charge in [0, 0.05) is 11.8 Å². The number of alkyl halides is 6. The standard InChI is InChI=1S/C12H11F6NO2S/c1-6(20)19-8-4-3-7(22-2)5-9(8)21-10(11(13,14)15)12(16,17)18/h3-5,10H,1-2H3,(H,19,20). The van der Waals surface area contributed by atoms with Gasteiger partial charge in [-0.1, -0.05) is 0 Å². The molecule has 124 valence electrons. The molecule has 0 fully saturated rings. The Labute approximate surface area is 126 Å². The second-order valence-corrected chi connectivity index (χ2v) is 5.00. The second kappa shape index (κ2) is 6.67. The molecule has 0 bridgehead atoms. The predicted octanol–water partition coefficient (Wildman–Crippen LogP) is 4.24. The number of rotatable bonds is 4. The molecule has 0 saturated carbocycles. The molecule has 0 radical (unpaired) electrons. The van der Waals surface area contributed by atoms with E-state index < -0.39 is 30.1 Å². The molecule has 0 aromatic heterocycles. The lowest BCUT2D eigenvalue weighted by molar-refractivity contribution is -0.299. The predicted molar refractivity (Wildman–Crippen MR) is 69.1 cm³/mol. The van der Waals surface area contributed by atoms with Crippen LogP contribution in [0.2, 0.25) is 0 Å². The molecule has 1 aromatic rings. The summed E-state index contributed by atoms with van der Waals surface area (Å²) < 4.78 is 79.4. The Hall–Kier alpha value is -1.58. The van der Waals surface area contributed by atoms with Crippen molar-refractivity contribution in [3.63, 3.8) is 0 Å². The van der Waals surface area contributed by atoms with Crippen LogP contribution in [0.25, 0.3) is 0 Å². The lowest BCUT2D eigenvalue weighted by Crippen LogP contribution is -2.46. The van der Waals surface area contributed by atoms with Crippen molar-refractivity contribution in [3.8, 4) is 5.75 Å². The van der Waals surface area contributed by atoms with Crippen LogP contribution in [0.3, 0.4) is 0 Å². The fourth-order valence-electron chi connectivity index (χ4n) is 1.47. The molecule has 1 aromatic carbocycles. The molecule has 0 unspecified atom stereocenters. The number of carbonyl (C=O) groups excluding carboxylic acids is 1. The van der Waals surface area contributed by atoms with E-state index in [2.05, 4.69) is 10.1 Å². The first kappa shape index (κ1) is 18.5. The Bertz CT molecular complexity index is 529. The van der Waals surface area contributed by atoms with E-state index in [1.807, 2.05) is 0 Å². The van der Waals surface area contributed by atoms with E-state index in [-0.39, 0.29) is 5.69 Å². The number of thioether (sulfide) groups is 1. The van der Waals surface area contributed by atoms with Gasteiger partial charge in [-0.05, 0) is 24.5 Å². The van der Waals surface area contributed by atoms with Gasteiger partial charge in [0.1, 0.15) is 5.75 Å². The third-order valence-electron chi connectivity index (χ3n) is 2.34. The summed E-state index contributed by atoms with van der Waals surface area (Å²) in [5, 5.41) is 2.13. The highest BCUT2D eigenvalue weighted by atomic mass is 32.2. The summed E-state index contributed by atoms with van der Waals surface area (Å²) in [4.78, 5) is 11.4. The van der Waals surface area contributed by atoms with Crippen molar-refractivity contribution in [1.29, 1.82) is 0 Å². The SMILES string of the molecule is CSc1ccc(NC(C)=O)c(OC(C(F)(F)F)C(F)(F)F)c1. The van der Waals surface area contributed by atoms with Crippen molar-refractivity contribution < 1.29 is 35.9 Å². The van der Waals surface area contributed by atoms with E-state index in [9.17, 15) is 31.1 Å². The Kier molecular flexibility index (Phi) is 5.60. The van der Waals surface area contributed by atoms with Crippen molar-refractivity contribution in [2.45, 2.75) is 30.3 Å². The molecule has 1 N–H and O–H groups in total. The van der Waals surface area contributed by atoms with E-state index >= 15 is 0 Å². The molecule has 0 atom stereocenters. The lowest BCUT2D eigenvalue weighted by Gasteiger charge is -2.25. The first-order chi connectivity index (χ1) is 9.95. The van der Waals surface area contributed by atoms with Crippen LogP contribution in [0.4, 0.5) is 32.0 Å². The molecule has 22 heavy (non-hydrogen) atoms.